The number of methoxy groups -OCH3 is 1. The summed E-state index contributed by atoms with van der Waals surface area (Å²) in [6.07, 6.45) is 0.734. The van der Waals surface area contributed by atoms with E-state index < -0.39 is 0 Å². The first-order valence-corrected chi connectivity index (χ1v) is 6.08. The maximum Gasteiger partial charge on any atom is 0.200 e. The maximum atomic E-state index is 11.9. The van der Waals surface area contributed by atoms with Gasteiger partial charge in [-0.2, -0.15) is 0 Å². The number of Topliss-reactive ketones (excluding diaryl/α,β-unsaturated/α-hetero) is 1. The highest BCUT2D eigenvalue weighted by Gasteiger charge is 2.07. The first-order valence-electron chi connectivity index (χ1n) is 6.08. The van der Waals surface area contributed by atoms with Crippen molar-refractivity contribution in [1.82, 2.24) is 0 Å². The van der Waals surface area contributed by atoms with Crippen molar-refractivity contribution in [1.29, 1.82) is 0 Å². The zero-order chi connectivity index (χ0) is 14.4. The van der Waals surface area contributed by atoms with Crippen LogP contribution in [0.4, 0.5) is 0 Å². The van der Waals surface area contributed by atoms with Crippen molar-refractivity contribution in [3.63, 3.8) is 0 Å². The van der Waals surface area contributed by atoms with Crippen LogP contribution in [-0.2, 0) is 0 Å². The maximum absolute atomic E-state index is 11.9. The Morgan fingerprint density at radius 2 is 1.85 bits per heavy atom. The molecule has 0 bridgehead atoms. The fraction of sp³-hybridized carbons (Fsp3) is 0.125. The molecule has 0 unspecified atom stereocenters. The lowest BCUT2D eigenvalue weighted by Crippen LogP contribution is -2.11. The monoisotopic (exact) mass is 270 g/mol. The Bertz CT molecular complexity index is 602. The Balaban J connectivity index is 1.98. The molecule has 0 radical (unpaired) electrons. The van der Waals surface area contributed by atoms with Crippen LogP contribution >= 0.6 is 0 Å². The van der Waals surface area contributed by atoms with Crippen molar-refractivity contribution in [3.8, 4) is 11.5 Å². The van der Waals surface area contributed by atoms with Gasteiger partial charge >= 0.3 is 0 Å². The lowest BCUT2D eigenvalue weighted by atomic mass is 10.1. The number of aldehydes is 1. The summed E-state index contributed by atoms with van der Waals surface area (Å²) in [5, 5.41) is 0. The molecule has 0 spiro atoms. The summed E-state index contributed by atoms with van der Waals surface area (Å²) in [7, 11) is 1.57. The minimum atomic E-state index is -0.135. The Morgan fingerprint density at radius 1 is 1.10 bits per heavy atom. The van der Waals surface area contributed by atoms with Crippen molar-refractivity contribution in [2.45, 2.75) is 0 Å². The molecule has 0 aliphatic carbocycles. The van der Waals surface area contributed by atoms with Crippen LogP contribution in [-0.4, -0.2) is 25.8 Å². The summed E-state index contributed by atoms with van der Waals surface area (Å²) in [6.45, 7) is -0.0748. The van der Waals surface area contributed by atoms with E-state index in [9.17, 15) is 9.59 Å². The van der Waals surface area contributed by atoms with Crippen molar-refractivity contribution in [2.24, 2.45) is 0 Å². The molecule has 4 nitrogen and oxygen atoms in total. The predicted octanol–water partition coefficient (Wildman–Crippen LogP) is 2.77. The van der Waals surface area contributed by atoms with E-state index in [0.717, 1.165) is 6.29 Å². The van der Waals surface area contributed by atoms with E-state index in [1.165, 1.54) is 0 Å². The molecule has 0 N–H and O–H groups in total. The third kappa shape index (κ3) is 3.45. The third-order valence-corrected chi connectivity index (χ3v) is 2.78. The standard InChI is InChI=1S/C16H14O4/c1-19-14-7-5-13(6-8-14)16(18)11-20-15-4-2-3-12(9-15)10-17/h2-10H,11H2,1H3. The molecule has 0 saturated carbocycles. The summed E-state index contributed by atoms with van der Waals surface area (Å²) in [6, 6.07) is 13.5. The van der Waals surface area contributed by atoms with Gasteiger partial charge in [-0.15, -0.1) is 0 Å². The van der Waals surface area contributed by atoms with Crippen LogP contribution in [0.25, 0.3) is 0 Å². The summed E-state index contributed by atoms with van der Waals surface area (Å²) in [5.74, 6) is 1.06. The number of ether oxygens (including phenoxy) is 2. The third-order valence-electron chi connectivity index (χ3n) is 2.78. The van der Waals surface area contributed by atoms with E-state index in [1.807, 2.05) is 0 Å². The van der Waals surface area contributed by atoms with E-state index in [-0.39, 0.29) is 12.4 Å². The van der Waals surface area contributed by atoms with Gasteiger partial charge in [0, 0.05) is 11.1 Å². The number of benzene rings is 2. The van der Waals surface area contributed by atoms with Crippen molar-refractivity contribution < 1.29 is 19.1 Å². The molecule has 2 aromatic carbocycles. The molecule has 0 aliphatic rings. The van der Waals surface area contributed by atoms with E-state index in [1.54, 1.807) is 55.6 Å². The van der Waals surface area contributed by atoms with Crippen LogP contribution in [0.1, 0.15) is 20.7 Å². The van der Waals surface area contributed by atoms with Crippen molar-refractivity contribution in [3.05, 3.63) is 59.7 Å². The van der Waals surface area contributed by atoms with Crippen molar-refractivity contribution >= 4 is 12.1 Å². The van der Waals surface area contributed by atoms with E-state index in [4.69, 9.17) is 9.47 Å². The van der Waals surface area contributed by atoms with Crippen molar-refractivity contribution in [2.75, 3.05) is 13.7 Å². The number of carbonyl (C=O) groups is 2. The van der Waals surface area contributed by atoms with E-state index in [0.29, 0.717) is 22.6 Å². The van der Waals surface area contributed by atoms with Crippen LogP contribution in [0.3, 0.4) is 0 Å². The highest BCUT2D eigenvalue weighted by atomic mass is 16.5. The lowest BCUT2D eigenvalue weighted by Gasteiger charge is -2.06. The molecule has 0 heterocycles. The van der Waals surface area contributed by atoms with Gasteiger partial charge in [0.2, 0.25) is 0 Å². The van der Waals surface area contributed by atoms with Crippen LogP contribution in [0.2, 0.25) is 0 Å². The van der Waals surface area contributed by atoms with Gasteiger partial charge in [0.05, 0.1) is 7.11 Å². The molecular formula is C16H14O4. The Kier molecular flexibility index (Phi) is 4.50. The normalized spacial score (nSPS) is 9.85. The lowest BCUT2D eigenvalue weighted by molar-refractivity contribution is 0.0921. The molecule has 0 aliphatic heterocycles. The average Bonchev–Trinajstić information content (AvgIpc) is 2.53. The molecule has 0 atom stereocenters. The van der Waals surface area contributed by atoms with Gasteiger partial charge < -0.3 is 9.47 Å². The number of hydrogen-bond acceptors (Lipinski definition) is 4. The quantitative estimate of drug-likeness (QED) is 0.598. The van der Waals surface area contributed by atoms with Gasteiger partial charge in [0.25, 0.3) is 0 Å². The topological polar surface area (TPSA) is 52.6 Å². The number of ketones is 1. The van der Waals surface area contributed by atoms with Crippen LogP contribution < -0.4 is 9.47 Å². The van der Waals surface area contributed by atoms with Gasteiger partial charge in [-0.05, 0) is 36.4 Å². The second-order valence-corrected chi connectivity index (χ2v) is 4.13. The predicted molar refractivity (Wildman–Crippen MR) is 74.6 cm³/mol. The molecule has 0 amide bonds. The summed E-state index contributed by atoms with van der Waals surface area (Å²) in [5.41, 5.74) is 1.07. The number of rotatable bonds is 6. The second kappa shape index (κ2) is 6.52. The molecule has 0 aromatic heterocycles. The average molecular weight is 270 g/mol. The smallest absolute Gasteiger partial charge is 0.200 e. The molecule has 102 valence electrons. The highest BCUT2D eigenvalue weighted by Crippen LogP contribution is 2.14. The Morgan fingerprint density at radius 3 is 2.50 bits per heavy atom. The largest absolute Gasteiger partial charge is 0.497 e. The molecule has 20 heavy (non-hydrogen) atoms. The number of hydrogen-bond donors (Lipinski definition) is 0. The van der Waals surface area contributed by atoms with Gasteiger partial charge in [-0.3, -0.25) is 9.59 Å². The summed E-state index contributed by atoms with van der Waals surface area (Å²) >= 11 is 0. The number of carbonyl (C=O) groups excluding carboxylic acids is 2. The van der Waals surface area contributed by atoms with Gasteiger partial charge in [0.1, 0.15) is 17.8 Å². The van der Waals surface area contributed by atoms with Gasteiger partial charge in [-0.25, -0.2) is 0 Å². The SMILES string of the molecule is COc1ccc(C(=O)COc2cccc(C=O)c2)cc1. The molecular weight excluding hydrogens is 256 g/mol. The van der Waals surface area contributed by atoms with Crippen LogP contribution in [0.5, 0.6) is 11.5 Å². The molecule has 4 heteroatoms. The first kappa shape index (κ1) is 13.8. The fourth-order valence-electron chi connectivity index (χ4n) is 1.69. The minimum absolute atomic E-state index is 0.0748. The summed E-state index contributed by atoms with van der Waals surface area (Å²) < 4.78 is 10.4. The molecule has 2 rings (SSSR count). The fourth-order valence-corrected chi connectivity index (χ4v) is 1.69. The molecule has 2 aromatic rings. The molecule has 0 fully saturated rings. The van der Waals surface area contributed by atoms with Gasteiger partial charge in [-0.1, -0.05) is 12.1 Å². The second-order valence-electron chi connectivity index (χ2n) is 4.13. The zero-order valence-electron chi connectivity index (χ0n) is 11.0. The zero-order valence-corrected chi connectivity index (χ0v) is 11.0. The molecule has 0 saturated heterocycles. The van der Waals surface area contributed by atoms with Crippen LogP contribution in [0.15, 0.2) is 48.5 Å². The Hall–Kier alpha value is -2.62. The van der Waals surface area contributed by atoms with Gasteiger partial charge in [0.15, 0.2) is 12.4 Å². The van der Waals surface area contributed by atoms with E-state index in [2.05, 4.69) is 0 Å². The Labute approximate surface area is 116 Å². The summed E-state index contributed by atoms with van der Waals surface area (Å²) in [4.78, 5) is 22.6. The minimum Gasteiger partial charge on any atom is -0.497 e. The van der Waals surface area contributed by atoms with Crippen LogP contribution in [0, 0.1) is 0 Å². The highest BCUT2D eigenvalue weighted by molar-refractivity contribution is 5.97. The van der Waals surface area contributed by atoms with E-state index >= 15 is 0 Å². The first-order chi connectivity index (χ1) is 9.72.